The summed E-state index contributed by atoms with van der Waals surface area (Å²) in [6.07, 6.45) is 0. The zero-order valence-electron chi connectivity index (χ0n) is 12.1. The highest BCUT2D eigenvalue weighted by molar-refractivity contribution is 9.10. The molecule has 0 bridgehead atoms. The van der Waals surface area contributed by atoms with Gasteiger partial charge in [0, 0.05) is 22.1 Å². The second kappa shape index (κ2) is 4.80. The number of imidazole rings is 1. The van der Waals surface area contributed by atoms with Crippen molar-refractivity contribution >= 4 is 50.1 Å². The number of aromatic nitrogens is 2. The van der Waals surface area contributed by atoms with E-state index in [1.807, 2.05) is 29.8 Å². The molecule has 0 fully saturated rings. The van der Waals surface area contributed by atoms with E-state index in [0.29, 0.717) is 22.1 Å². The SMILES string of the molecule is Cn1c(C2(O)C(N)=Nc3ccc(Cl)cc32)nc2cc(Br)ccc21. The largest absolute Gasteiger partial charge is 0.384 e. The Bertz CT molecular complexity index is 997. The van der Waals surface area contributed by atoms with Gasteiger partial charge in [0.2, 0.25) is 5.60 Å². The second-order valence-corrected chi connectivity index (χ2v) is 6.85. The average molecular weight is 392 g/mol. The molecule has 0 saturated heterocycles. The predicted molar refractivity (Wildman–Crippen MR) is 94.1 cm³/mol. The third-order valence-electron chi connectivity index (χ3n) is 4.13. The number of nitrogens with zero attached hydrogens (tertiary/aromatic N) is 3. The summed E-state index contributed by atoms with van der Waals surface area (Å²) in [5.41, 5.74) is 7.25. The normalized spacial score (nSPS) is 19.9. The van der Waals surface area contributed by atoms with Crippen molar-refractivity contribution < 1.29 is 5.11 Å². The molecule has 7 heteroatoms. The maximum Gasteiger partial charge on any atom is 0.207 e. The van der Waals surface area contributed by atoms with E-state index < -0.39 is 5.60 Å². The summed E-state index contributed by atoms with van der Waals surface area (Å²) in [5, 5.41) is 11.9. The Morgan fingerprint density at radius 1 is 1.26 bits per heavy atom. The topological polar surface area (TPSA) is 76.4 Å². The van der Waals surface area contributed by atoms with E-state index in [0.717, 1.165) is 15.5 Å². The van der Waals surface area contributed by atoms with Crippen molar-refractivity contribution in [2.45, 2.75) is 5.60 Å². The number of halogens is 2. The van der Waals surface area contributed by atoms with Gasteiger partial charge in [-0.25, -0.2) is 9.98 Å². The van der Waals surface area contributed by atoms with Gasteiger partial charge in [-0.1, -0.05) is 27.5 Å². The van der Waals surface area contributed by atoms with Gasteiger partial charge < -0.3 is 15.4 Å². The number of fused-ring (bicyclic) bond motifs is 2. The van der Waals surface area contributed by atoms with Gasteiger partial charge in [0.1, 0.15) is 5.84 Å². The van der Waals surface area contributed by atoms with Crippen LogP contribution in [0.25, 0.3) is 11.0 Å². The van der Waals surface area contributed by atoms with Crippen molar-refractivity contribution in [3.05, 3.63) is 57.3 Å². The summed E-state index contributed by atoms with van der Waals surface area (Å²) >= 11 is 9.52. The summed E-state index contributed by atoms with van der Waals surface area (Å²) in [7, 11) is 1.84. The number of hydrogen-bond donors (Lipinski definition) is 2. The van der Waals surface area contributed by atoms with Crippen molar-refractivity contribution in [3.63, 3.8) is 0 Å². The Morgan fingerprint density at radius 2 is 2.04 bits per heavy atom. The molecule has 5 nitrogen and oxygen atoms in total. The van der Waals surface area contributed by atoms with Gasteiger partial charge in [-0.05, 0) is 36.4 Å². The van der Waals surface area contributed by atoms with Crippen LogP contribution in [-0.4, -0.2) is 20.5 Å². The molecule has 0 amide bonds. The molecule has 0 spiro atoms. The number of benzene rings is 2. The number of aliphatic imine (C=N–C) groups is 1. The smallest absolute Gasteiger partial charge is 0.207 e. The Kier molecular flexibility index (Phi) is 3.07. The number of aryl methyl sites for hydroxylation is 1. The van der Waals surface area contributed by atoms with E-state index in [1.165, 1.54) is 0 Å². The van der Waals surface area contributed by atoms with E-state index in [2.05, 4.69) is 25.9 Å². The monoisotopic (exact) mass is 390 g/mol. The number of rotatable bonds is 1. The molecule has 1 unspecified atom stereocenters. The lowest BCUT2D eigenvalue weighted by molar-refractivity contribution is 0.145. The molecule has 0 radical (unpaired) electrons. The van der Waals surface area contributed by atoms with Gasteiger partial charge in [-0.3, -0.25) is 0 Å². The van der Waals surface area contributed by atoms with Gasteiger partial charge in [0.25, 0.3) is 0 Å². The maximum atomic E-state index is 11.3. The molecule has 1 aliphatic rings. The molecule has 3 N–H and O–H groups in total. The standard InChI is InChI=1S/C16H12BrClN4O/c1-22-13-5-2-8(17)6-12(13)21-15(22)16(23)10-7-9(18)3-4-11(10)20-14(16)19/h2-7,23H,1H3,(H2,19,20). The quantitative estimate of drug-likeness (QED) is 0.668. The van der Waals surface area contributed by atoms with E-state index in [4.69, 9.17) is 17.3 Å². The lowest BCUT2D eigenvalue weighted by Gasteiger charge is -2.23. The molecule has 0 saturated carbocycles. The Labute approximate surface area is 145 Å². The molecule has 1 atom stereocenters. The second-order valence-electron chi connectivity index (χ2n) is 5.50. The van der Waals surface area contributed by atoms with Crippen LogP contribution in [0.15, 0.2) is 45.9 Å². The minimum atomic E-state index is -1.60. The molecule has 1 aliphatic heterocycles. The molecule has 1 aromatic heterocycles. The Balaban J connectivity index is 2.03. The van der Waals surface area contributed by atoms with Gasteiger partial charge in [-0.2, -0.15) is 0 Å². The number of nitrogens with two attached hydrogens (primary N) is 1. The summed E-state index contributed by atoms with van der Waals surface area (Å²) < 4.78 is 2.73. The molecule has 2 aromatic carbocycles. The Hall–Kier alpha value is -1.89. The van der Waals surface area contributed by atoms with E-state index in [9.17, 15) is 5.11 Å². The fourth-order valence-electron chi connectivity index (χ4n) is 2.98. The van der Waals surface area contributed by atoms with Crippen LogP contribution in [0.3, 0.4) is 0 Å². The van der Waals surface area contributed by atoms with Crippen molar-refractivity contribution in [2.24, 2.45) is 17.8 Å². The van der Waals surface area contributed by atoms with Crippen molar-refractivity contribution in [2.75, 3.05) is 0 Å². The van der Waals surface area contributed by atoms with E-state index >= 15 is 0 Å². The zero-order chi connectivity index (χ0) is 16.4. The zero-order valence-corrected chi connectivity index (χ0v) is 14.4. The fourth-order valence-corrected chi connectivity index (χ4v) is 3.50. The first kappa shape index (κ1) is 14.7. The van der Waals surface area contributed by atoms with Crippen LogP contribution < -0.4 is 5.73 Å². The van der Waals surface area contributed by atoms with Crippen LogP contribution >= 0.6 is 27.5 Å². The minimum absolute atomic E-state index is 0.0900. The van der Waals surface area contributed by atoms with E-state index in [1.54, 1.807) is 18.2 Å². The first-order valence-electron chi connectivity index (χ1n) is 6.91. The lowest BCUT2D eigenvalue weighted by atomic mass is 9.93. The van der Waals surface area contributed by atoms with Crippen LogP contribution in [0.4, 0.5) is 5.69 Å². The summed E-state index contributed by atoms with van der Waals surface area (Å²) in [5.74, 6) is 0.500. The van der Waals surface area contributed by atoms with Crippen molar-refractivity contribution in [1.29, 1.82) is 0 Å². The average Bonchev–Trinajstić information content (AvgIpc) is 2.96. The van der Waals surface area contributed by atoms with Crippen LogP contribution in [-0.2, 0) is 12.6 Å². The highest BCUT2D eigenvalue weighted by Crippen LogP contribution is 2.43. The van der Waals surface area contributed by atoms with Gasteiger partial charge in [0.05, 0.1) is 16.7 Å². The molecule has 3 aromatic rings. The first-order valence-corrected chi connectivity index (χ1v) is 8.08. The molecule has 4 rings (SSSR count). The highest BCUT2D eigenvalue weighted by Gasteiger charge is 2.46. The Morgan fingerprint density at radius 3 is 2.83 bits per heavy atom. The maximum absolute atomic E-state index is 11.3. The van der Waals surface area contributed by atoms with E-state index in [-0.39, 0.29) is 5.84 Å². The number of aliphatic hydroxyl groups is 1. The van der Waals surface area contributed by atoms with Crippen molar-refractivity contribution in [1.82, 2.24) is 9.55 Å². The van der Waals surface area contributed by atoms with Gasteiger partial charge in [-0.15, -0.1) is 0 Å². The first-order chi connectivity index (χ1) is 10.9. The van der Waals surface area contributed by atoms with Crippen LogP contribution in [0, 0.1) is 0 Å². The van der Waals surface area contributed by atoms with Crippen LogP contribution in [0.1, 0.15) is 11.4 Å². The van der Waals surface area contributed by atoms with Crippen LogP contribution in [0.2, 0.25) is 5.02 Å². The third kappa shape index (κ3) is 1.95. The number of hydrogen-bond acceptors (Lipinski definition) is 4. The highest BCUT2D eigenvalue weighted by atomic mass is 79.9. The van der Waals surface area contributed by atoms with Crippen LogP contribution in [0.5, 0.6) is 0 Å². The molecule has 0 aliphatic carbocycles. The fraction of sp³-hybridized carbons (Fsp3) is 0.125. The molecular formula is C16H12BrClN4O. The summed E-state index contributed by atoms with van der Waals surface area (Å²) in [4.78, 5) is 8.86. The molecular weight excluding hydrogens is 380 g/mol. The molecule has 116 valence electrons. The minimum Gasteiger partial charge on any atom is -0.384 e. The number of amidine groups is 1. The third-order valence-corrected chi connectivity index (χ3v) is 4.85. The lowest BCUT2D eigenvalue weighted by Crippen LogP contribution is -2.41. The summed E-state index contributed by atoms with van der Waals surface area (Å²) in [6.45, 7) is 0. The molecule has 2 heterocycles. The molecule has 23 heavy (non-hydrogen) atoms. The summed E-state index contributed by atoms with van der Waals surface area (Å²) in [6, 6.07) is 10.9. The predicted octanol–water partition coefficient (Wildman–Crippen LogP) is 3.23. The van der Waals surface area contributed by atoms with Gasteiger partial charge in [0.15, 0.2) is 5.82 Å². The van der Waals surface area contributed by atoms with Gasteiger partial charge >= 0.3 is 0 Å². The van der Waals surface area contributed by atoms with Crippen molar-refractivity contribution in [3.8, 4) is 0 Å².